The lowest BCUT2D eigenvalue weighted by Gasteiger charge is -2.41. The molecule has 1 aromatic rings. The van der Waals surface area contributed by atoms with E-state index in [1.165, 1.54) is 12.8 Å². The maximum atomic E-state index is 6.35. The van der Waals surface area contributed by atoms with Gasteiger partial charge in [-0.3, -0.25) is 0 Å². The van der Waals surface area contributed by atoms with Gasteiger partial charge in [-0.15, -0.1) is 0 Å². The van der Waals surface area contributed by atoms with Crippen molar-refractivity contribution in [3.63, 3.8) is 0 Å². The normalized spacial score (nSPS) is 30.5. The van der Waals surface area contributed by atoms with Crippen molar-refractivity contribution in [3.8, 4) is 11.5 Å². The van der Waals surface area contributed by atoms with Crippen molar-refractivity contribution in [3.05, 3.63) is 23.8 Å². The van der Waals surface area contributed by atoms with Crippen molar-refractivity contribution in [2.24, 2.45) is 11.7 Å². The summed E-state index contributed by atoms with van der Waals surface area (Å²) >= 11 is 0. The Hall–Kier alpha value is -1.22. The standard InChI is InChI=1S/C15H21NO2/c1-3-15(10-4-5-10)9-13(16)12-8-11(17-2)6-7-14(12)18-15/h6-8,10,13H,3-5,9,16H2,1-2H3/t13-,15?/m0/s1. The first kappa shape index (κ1) is 11.8. The molecule has 0 aromatic heterocycles. The number of benzene rings is 1. The first-order valence-corrected chi connectivity index (χ1v) is 6.81. The molecular formula is C15H21NO2. The summed E-state index contributed by atoms with van der Waals surface area (Å²) in [7, 11) is 1.68. The second-order valence-electron chi connectivity index (χ2n) is 5.51. The van der Waals surface area contributed by atoms with Crippen molar-refractivity contribution in [1.29, 1.82) is 0 Å². The second kappa shape index (κ2) is 4.16. The first-order chi connectivity index (χ1) is 8.68. The van der Waals surface area contributed by atoms with Gasteiger partial charge in [-0.05, 0) is 43.4 Å². The lowest BCUT2D eigenvalue weighted by Crippen LogP contribution is -2.44. The van der Waals surface area contributed by atoms with Crippen molar-refractivity contribution in [2.75, 3.05) is 7.11 Å². The van der Waals surface area contributed by atoms with Crippen molar-refractivity contribution < 1.29 is 9.47 Å². The Morgan fingerprint density at radius 2 is 2.22 bits per heavy atom. The third-order valence-corrected chi connectivity index (χ3v) is 4.41. The molecule has 2 N–H and O–H groups in total. The maximum absolute atomic E-state index is 6.35. The molecule has 3 heteroatoms. The number of methoxy groups -OCH3 is 1. The van der Waals surface area contributed by atoms with Crippen LogP contribution in [-0.4, -0.2) is 12.7 Å². The fraction of sp³-hybridized carbons (Fsp3) is 0.600. The molecule has 0 radical (unpaired) electrons. The average molecular weight is 247 g/mol. The van der Waals surface area contributed by atoms with Gasteiger partial charge < -0.3 is 15.2 Å². The van der Waals surface area contributed by atoms with Gasteiger partial charge in [0, 0.05) is 18.0 Å². The summed E-state index contributed by atoms with van der Waals surface area (Å²) in [6.45, 7) is 2.21. The van der Waals surface area contributed by atoms with E-state index in [9.17, 15) is 0 Å². The highest BCUT2D eigenvalue weighted by atomic mass is 16.5. The lowest BCUT2D eigenvalue weighted by atomic mass is 9.82. The summed E-state index contributed by atoms with van der Waals surface area (Å²) < 4.78 is 11.6. The van der Waals surface area contributed by atoms with Crippen LogP contribution in [-0.2, 0) is 0 Å². The minimum atomic E-state index is -0.0268. The minimum Gasteiger partial charge on any atom is -0.497 e. The fourth-order valence-electron chi connectivity index (χ4n) is 3.14. The molecule has 2 atom stereocenters. The van der Waals surface area contributed by atoms with Crippen LogP contribution in [0.1, 0.15) is 44.2 Å². The van der Waals surface area contributed by atoms with Gasteiger partial charge in [0.2, 0.25) is 0 Å². The maximum Gasteiger partial charge on any atom is 0.125 e. The molecule has 1 aromatic carbocycles. The Balaban J connectivity index is 1.96. The minimum absolute atomic E-state index is 0.0268. The highest BCUT2D eigenvalue weighted by Crippen LogP contribution is 2.52. The van der Waals surface area contributed by atoms with Crippen LogP contribution in [0.2, 0.25) is 0 Å². The van der Waals surface area contributed by atoms with Gasteiger partial charge in [0.05, 0.1) is 7.11 Å². The molecule has 3 nitrogen and oxygen atoms in total. The van der Waals surface area contributed by atoms with E-state index in [0.29, 0.717) is 5.92 Å². The number of rotatable bonds is 3. The molecule has 0 amide bonds. The average Bonchev–Trinajstić information content (AvgIpc) is 3.23. The highest BCUT2D eigenvalue weighted by molar-refractivity contribution is 5.44. The lowest BCUT2D eigenvalue weighted by molar-refractivity contribution is 0.0106. The molecular weight excluding hydrogens is 226 g/mol. The van der Waals surface area contributed by atoms with Crippen LogP contribution in [0.3, 0.4) is 0 Å². The van der Waals surface area contributed by atoms with Crippen molar-refractivity contribution >= 4 is 0 Å². The molecule has 1 aliphatic carbocycles. The predicted octanol–water partition coefficient (Wildman–Crippen LogP) is 3.04. The quantitative estimate of drug-likeness (QED) is 0.893. The highest BCUT2D eigenvalue weighted by Gasteiger charge is 2.49. The van der Waals surface area contributed by atoms with Gasteiger partial charge in [-0.25, -0.2) is 0 Å². The summed E-state index contributed by atoms with van der Waals surface area (Å²) in [6.07, 6.45) is 4.53. The van der Waals surface area contributed by atoms with Gasteiger partial charge in [-0.2, -0.15) is 0 Å². The van der Waals surface area contributed by atoms with Gasteiger partial charge in [0.25, 0.3) is 0 Å². The molecule has 2 aliphatic rings. The third kappa shape index (κ3) is 1.77. The summed E-state index contributed by atoms with van der Waals surface area (Å²) in [4.78, 5) is 0. The molecule has 18 heavy (non-hydrogen) atoms. The Labute approximate surface area is 108 Å². The SMILES string of the molecule is CCC1(C2CC2)C[C@H](N)c2cc(OC)ccc2O1. The van der Waals surface area contributed by atoms with Gasteiger partial charge in [-0.1, -0.05) is 6.92 Å². The van der Waals surface area contributed by atoms with Crippen LogP contribution in [0, 0.1) is 5.92 Å². The molecule has 1 aliphatic heterocycles. The van der Waals surface area contributed by atoms with Crippen LogP contribution in [0.4, 0.5) is 0 Å². The van der Waals surface area contributed by atoms with E-state index in [1.54, 1.807) is 7.11 Å². The van der Waals surface area contributed by atoms with Crippen LogP contribution >= 0.6 is 0 Å². The molecule has 1 fully saturated rings. The van der Waals surface area contributed by atoms with E-state index >= 15 is 0 Å². The van der Waals surface area contributed by atoms with E-state index in [4.69, 9.17) is 15.2 Å². The number of ether oxygens (including phenoxy) is 2. The molecule has 98 valence electrons. The third-order valence-electron chi connectivity index (χ3n) is 4.41. The zero-order chi connectivity index (χ0) is 12.8. The number of fused-ring (bicyclic) bond motifs is 1. The number of nitrogens with two attached hydrogens (primary N) is 1. The predicted molar refractivity (Wildman–Crippen MR) is 70.9 cm³/mol. The van der Waals surface area contributed by atoms with Crippen LogP contribution in [0.15, 0.2) is 18.2 Å². The second-order valence-corrected chi connectivity index (χ2v) is 5.51. The number of hydrogen-bond acceptors (Lipinski definition) is 3. The van der Waals surface area contributed by atoms with Crippen LogP contribution < -0.4 is 15.2 Å². The Morgan fingerprint density at radius 3 is 2.83 bits per heavy atom. The van der Waals surface area contributed by atoms with Crippen molar-refractivity contribution in [2.45, 2.75) is 44.2 Å². The van der Waals surface area contributed by atoms with E-state index < -0.39 is 0 Å². The fourth-order valence-corrected chi connectivity index (χ4v) is 3.14. The van der Waals surface area contributed by atoms with Gasteiger partial charge in [0.1, 0.15) is 17.1 Å². The Bertz CT molecular complexity index is 456. The van der Waals surface area contributed by atoms with Crippen LogP contribution in [0.25, 0.3) is 0 Å². The molecule has 0 bridgehead atoms. The van der Waals surface area contributed by atoms with Gasteiger partial charge in [0.15, 0.2) is 0 Å². The topological polar surface area (TPSA) is 44.5 Å². The Kier molecular flexibility index (Phi) is 2.74. The molecule has 1 heterocycles. The molecule has 3 rings (SSSR count). The molecule has 1 saturated carbocycles. The molecule has 0 spiro atoms. The summed E-state index contributed by atoms with van der Waals surface area (Å²) in [6, 6.07) is 6.01. The zero-order valence-corrected chi connectivity index (χ0v) is 11.1. The monoisotopic (exact) mass is 247 g/mol. The van der Waals surface area contributed by atoms with Crippen LogP contribution in [0.5, 0.6) is 11.5 Å². The summed E-state index contributed by atoms with van der Waals surface area (Å²) in [5.41, 5.74) is 7.41. The Morgan fingerprint density at radius 1 is 1.44 bits per heavy atom. The zero-order valence-electron chi connectivity index (χ0n) is 11.1. The largest absolute Gasteiger partial charge is 0.497 e. The van der Waals surface area contributed by atoms with E-state index in [2.05, 4.69) is 6.92 Å². The van der Waals surface area contributed by atoms with E-state index in [1.807, 2.05) is 18.2 Å². The first-order valence-electron chi connectivity index (χ1n) is 6.81. The summed E-state index contributed by atoms with van der Waals surface area (Å²) in [5, 5.41) is 0. The molecule has 1 unspecified atom stereocenters. The molecule has 0 saturated heterocycles. The van der Waals surface area contributed by atoms with Crippen molar-refractivity contribution in [1.82, 2.24) is 0 Å². The van der Waals surface area contributed by atoms with E-state index in [0.717, 1.165) is 29.9 Å². The van der Waals surface area contributed by atoms with E-state index in [-0.39, 0.29) is 11.6 Å². The smallest absolute Gasteiger partial charge is 0.125 e. The van der Waals surface area contributed by atoms with Gasteiger partial charge >= 0.3 is 0 Å². The summed E-state index contributed by atoms with van der Waals surface area (Å²) in [5.74, 6) is 2.50. The number of hydrogen-bond donors (Lipinski definition) is 1.